The second kappa shape index (κ2) is 6.46. The molecular weight excluding hydrogens is 252 g/mol. The number of nitrogens with one attached hydrogen (secondary N) is 1. The average Bonchev–Trinajstić information content (AvgIpc) is 3.00. The monoisotopic (exact) mass is 276 g/mol. The molecule has 1 aromatic rings. The van der Waals surface area contributed by atoms with E-state index in [4.69, 9.17) is 9.47 Å². The van der Waals surface area contributed by atoms with Gasteiger partial charge in [0.15, 0.2) is 0 Å². The Morgan fingerprint density at radius 1 is 1.35 bits per heavy atom. The quantitative estimate of drug-likeness (QED) is 0.911. The van der Waals surface area contributed by atoms with Gasteiger partial charge in [-0.3, -0.25) is 0 Å². The predicted octanol–water partition coefficient (Wildman–Crippen LogP) is 1.96. The molecule has 2 saturated heterocycles. The molecule has 1 atom stereocenters. The highest BCUT2D eigenvalue weighted by Gasteiger charge is 2.17. The largest absolute Gasteiger partial charge is 0.491 e. The van der Waals surface area contributed by atoms with Crippen molar-refractivity contribution in [1.29, 1.82) is 0 Å². The highest BCUT2D eigenvalue weighted by atomic mass is 16.5. The normalized spacial score (nSPS) is 23.1. The maximum absolute atomic E-state index is 5.91. The zero-order chi connectivity index (χ0) is 13.8. The first kappa shape index (κ1) is 13.7. The third-order valence-electron chi connectivity index (χ3n) is 4.09. The zero-order valence-corrected chi connectivity index (χ0v) is 12.2. The third-order valence-corrected chi connectivity index (χ3v) is 4.09. The van der Waals surface area contributed by atoms with Crippen molar-refractivity contribution in [2.75, 3.05) is 44.3 Å². The van der Waals surface area contributed by atoms with Gasteiger partial charge in [0, 0.05) is 38.5 Å². The zero-order valence-electron chi connectivity index (χ0n) is 12.2. The number of hydrogen-bond donors (Lipinski definition) is 1. The fraction of sp³-hybridized carbons (Fsp3) is 0.625. The molecule has 0 aliphatic carbocycles. The molecule has 0 aromatic heterocycles. The summed E-state index contributed by atoms with van der Waals surface area (Å²) in [5, 5.41) is 3.38. The molecule has 2 heterocycles. The Morgan fingerprint density at radius 3 is 2.90 bits per heavy atom. The highest BCUT2D eigenvalue weighted by molar-refractivity contribution is 5.53. The van der Waals surface area contributed by atoms with Crippen LogP contribution in [0.4, 0.5) is 5.69 Å². The topological polar surface area (TPSA) is 33.7 Å². The van der Waals surface area contributed by atoms with Crippen molar-refractivity contribution in [3.63, 3.8) is 0 Å². The molecule has 0 saturated carbocycles. The second-order valence-corrected chi connectivity index (χ2v) is 5.63. The number of aryl methyl sites for hydroxylation is 1. The van der Waals surface area contributed by atoms with Crippen LogP contribution in [-0.2, 0) is 4.74 Å². The van der Waals surface area contributed by atoms with Crippen molar-refractivity contribution in [3.8, 4) is 5.75 Å². The first-order chi connectivity index (χ1) is 9.83. The highest BCUT2D eigenvalue weighted by Crippen LogP contribution is 2.25. The van der Waals surface area contributed by atoms with Gasteiger partial charge >= 0.3 is 0 Å². The summed E-state index contributed by atoms with van der Waals surface area (Å²) >= 11 is 0. The van der Waals surface area contributed by atoms with E-state index in [9.17, 15) is 0 Å². The minimum atomic E-state index is 0.280. The molecule has 110 valence electrons. The van der Waals surface area contributed by atoms with E-state index in [1.165, 1.54) is 11.3 Å². The van der Waals surface area contributed by atoms with E-state index < -0.39 is 0 Å². The van der Waals surface area contributed by atoms with Crippen LogP contribution in [0.3, 0.4) is 0 Å². The Morgan fingerprint density at radius 2 is 2.20 bits per heavy atom. The van der Waals surface area contributed by atoms with Crippen LogP contribution in [0.15, 0.2) is 18.2 Å². The van der Waals surface area contributed by atoms with Gasteiger partial charge in [-0.1, -0.05) is 0 Å². The van der Waals surface area contributed by atoms with Gasteiger partial charge in [-0.15, -0.1) is 0 Å². The Labute approximate surface area is 121 Å². The molecule has 2 fully saturated rings. The average molecular weight is 276 g/mol. The molecule has 4 heteroatoms. The summed E-state index contributed by atoms with van der Waals surface area (Å²) in [6, 6.07) is 6.50. The number of anilines is 1. The summed E-state index contributed by atoms with van der Waals surface area (Å²) in [5.41, 5.74) is 2.51. The molecule has 3 rings (SSSR count). The molecule has 0 bridgehead atoms. The molecular formula is C16H24N2O2. The SMILES string of the molecule is Cc1cc(N2CCNCC2)ccc1OCC1CCCO1. The molecule has 0 radical (unpaired) electrons. The summed E-state index contributed by atoms with van der Waals surface area (Å²) < 4.78 is 11.5. The van der Waals surface area contributed by atoms with Gasteiger partial charge in [-0.25, -0.2) is 0 Å². The lowest BCUT2D eigenvalue weighted by molar-refractivity contribution is 0.0677. The first-order valence-corrected chi connectivity index (χ1v) is 7.63. The lowest BCUT2D eigenvalue weighted by Crippen LogP contribution is -2.43. The fourth-order valence-electron chi connectivity index (χ4n) is 2.87. The summed E-state index contributed by atoms with van der Waals surface area (Å²) in [5.74, 6) is 0.986. The summed E-state index contributed by atoms with van der Waals surface area (Å²) in [6.07, 6.45) is 2.56. The standard InChI is InChI=1S/C16H24N2O2/c1-13-11-14(18-8-6-17-7-9-18)4-5-16(13)20-12-15-3-2-10-19-15/h4-5,11,15,17H,2-3,6-10,12H2,1H3. The molecule has 0 amide bonds. The van der Waals surface area contributed by atoms with E-state index in [0.29, 0.717) is 6.61 Å². The molecule has 2 aliphatic heterocycles. The van der Waals surface area contributed by atoms with E-state index in [0.717, 1.165) is 51.4 Å². The van der Waals surface area contributed by atoms with E-state index >= 15 is 0 Å². The molecule has 1 N–H and O–H groups in total. The molecule has 2 aliphatic rings. The van der Waals surface area contributed by atoms with Crippen molar-refractivity contribution in [2.45, 2.75) is 25.9 Å². The van der Waals surface area contributed by atoms with Gasteiger partial charge in [0.25, 0.3) is 0 Å². The maximum Gasteiger partial charge on any atom is 0.122 e. The maximum atomic E-state index is 5.91. The van der Waals surface area contributed by atoms with Crippen LogP contribution >= 0.6 is 0 Å². The molecule has 20 heavy (non-hydrogen) atoms. The van der Waals surface area contributed by atoms with Crippen molar-refractivity contribution in [1.82, 2.24) is 5.32 Å². The summed E-state index contributed by atoms with van der Waals surface area (Å²) in [6.45, 7) is 7.97. The van der Waals surface area contributed by atoms with Gasteiger partial charge < -0.3 is 19.7 Å². The molecule has 0 spiro atoms. The first-order valence-electron chi connectivity index (χ1n) is 7.63. The van der Waals surface area contributed by atoms with Crippen molar-refractivity contribution < 1.29 is 9.47 Å². The van der Waals surface area contributed by atoms with Crippen LogP contribution in [0, 0.1) is 6.92 Å². The number of rotatable bonds is 4. The van der Waals surface area contributed by atoms with Crippen molar-refractivity contribution in [2.24, 2.45) is 0 Å². The van der Waals surface area contributed by atoms with E-state index in [-0.39, 0.29) is 6.10 Å². The van der Waals surface area contributed by atoms with Crippen LogP contribution in [0.5, 0.6) is 5.75 Å². The molecule has 1 aromatic carbocycles. The van der Waals surface area contributed by atoms with Crippen LogP contribution in [0.2, 0.25) is 0 Å². The Hall–Kier alpha value is -1.26. The fourth-order valence-corrected chi connectivity index (χ4v) is 2.87. The van der Waals surface area contributed by atoms with Crippen LogP contribution < -0.4 is 15.0 Å². The van der Waals surface area contributed by atoms with Gasteiger partial charge in [0.05, 0.1) is 6.10 Å². The van der Waals surface area contributed by atoms with Gasteiger partial charge in [0.2, 0.25) is 0 Å². The number of benzene rings is 1. The van der Waals surface area contributed by atoms with Crippen LogP contribution in [0.25, 0.3) is 0 Å². The smallest absolute Gasteiger partial charge is 0.122 e. The number of nitrogens with zero attached hydrogens (tertiary/aromatic N) is 1. The predicted molar refractivity (Wildman–Crippen MR) is 80.7 cm³/mol. The third kappa shape index (κ3) is 3.25. The Balaban J connectivity index is 1.61. The summed E-state index contributed by atoms with van der Waals surface area (Å²) in [7, 11) is 0. The van der Waals surface area contributed by atoms with Gasteiger partial charge in [0.1, 0.15) is 12.4 Å². The Bertz CT molecular complexity index is 438. The van der Waals surface area contributed by atoms with Crippen molar-refractivity contribution in [3.05, 3.63) is 23.8 Å². The van der Waals surface area contributed by atoms with Crippen molar-refractivity contribution >= 4 is 5.69 Å². The Kier molecular flexibility index (Phi) is 4.43. The second-order valence-electron chi connectivity index (χ2n) is 5.63. The minimum Gasteiger partial charge on any atom is -0.491 e. The summed E-state index contributed by atoms with van der Waals surface area (Å²) in [4.78, 5) is 2.42. The molecule has 1 unspecified atom stereocenters. The number of ether oxygens (including phenoxy) is 2. The van der Waals surface area contributed by atoms with Gasteiger partial charge in [-0.2, -0.15) is 0 Å². The number of hydrogen-bond acceptors (Lipinski definition) is 4. The number of piperazine rings is 1. The van der Waals surface area contributed by atoms with Crippen LogP contribution in [0.1, 0.15) is 18.4 Å². The van der Waals surface area contributed by atoms with E-state index in [2.05, 4.69) is 35.3 Å². The molecule has 4 nitrogen and oxygen atoms in total. The van der Waals surface area contributed by atoms with E-state index in [1.807, 2.05) is 0 Å². The lowest BCUT2D eigenvalue weighted by Gasteiger charge is -2.30. The van der Waals surface area contributed by atoms with Gasteiger partial charge in [-0.05, 0) is 43.5 Å². The lowest BCUT2D eigenvalue weighted by atomic mass is 10.1. The minimum absolute atomic E-state index is 0.280. The van der Waals surface area contributed by atoms with E-state index in [1.54, 1.807) is 0 Å². The van der Waals surface area contributed by atoms with Crippen LogP contribution in [-0.4, -0.2) is 45.5 Å².